The minimum absolute atomic E-state index is 0.0549. The third-order valence-electron chi connectivity index (χ3n) is 1.27. The lowest BCUT2D eigenvalue weighted by Gasteiger charge is -2.15. The molecule has 0 saturated carbocycles. The van der Waals surface area contributed by atoms with Crippen LogP contribution in [0.5, 0.6) is 0 Å². The van der Waals surface area contributed by atoms with Crippen molar-refractivity contribution >= 4 is 11.8 Å². The van der Waals surface area contributed by atoms with Crippen molar-refractivity contribution in [1.29, 1.82) is 5.26 Å². The van der Waals surface area contributed by atoms with Crippen LogP contribution in [0.2, 0.25) is 0 Å². The summed E-state index contributed by atoms with van der Waals surface area (Å²) >= 11 is 0. The smallest absolute Gasteiger partial charge is 0.323 e. The van der Waals surface area contributed by atoms with Gasteiger partial charge in [-0.2, -0.15) is 5.26 Å². The third kappa shape index (κ3) is 6.00. The summed E-state index contributed by atoms with van der Waals surface area (Å²) in [5.41, 5.74) is 0.154. The molecule has 78 valence electrons. The Bertz CT molecular complexity index is 271. The quantitative estimate of drug-likeness (QED) is 0.415. The first-order chi connectivity index (χ1) is 6.39. The molecule has 0 fully saturated rings. The molecule has 0 heterocycles. The van der Waals surface area contributed by atoms with Crippen LogP contribution in [0.4, 0.5) is 4.79 Å². The molecule has 0 saturated heterocycles. The maximum absolute atomic E-state index is 10.6. The lowest BCUT2D eigenvalue weighted by Crippen LogP contribution is -2.18. The number of carbonyl (C=O) groups excluding carboxylic acids is 1. The van der Waals surface area contributed by atoms with Crippen LogP contribution in [0.1, 0.15) is 27.2 Å². The predicted octanol–water partition coefficient (Wildman–Crippen LogP) is 1.66. The SMILES string of the molecule is CNC(=O)ON=C(C#N)CC(C)(C)C. The number of nitrogens with zero attached hydrogens (tertiary/aromatic N) is 2. The molecule has 5 heteroatoms. The molecular formula is C9H15N3O2. The van der Waals surface area contributed by atoms with Crippen molar-refractivity contribution < 1.29 is 9.63 Å². The van der Waals surface area contributed by atoms with E-state index in [9.17, 15) is 4.79 Å². The Labute approximate surface area is 83.7 Å². The molecule has 1 N–H and O–H groups in total. The van der Waals surface area contributed by atoms with Crippen LogP contribution in [0.15, 0.2) is 5.16 Å². The highest BCUT2D eigenvalue weighted by Gasteiger charge is 2.15. The van der Waals surface area contributed by atoms with Crippen molar-refractivity contribution in [2.24, 2.45) is 10.6 Å². The minimum atomic E-state index is -0.674. The Kier molecular flexibility index (Phi) is 4.64. The lowest BCUT2D eigenvalue weighted by molar-refractivity contribution is 0.152. The van der Waals surface area contributed by atoms with E-state index in [1.807, 2.05) is 26.8 Å². The van der Waals surface area contributed by atoms with Gasteiger partial charge in [-0.25, -0.2) is 4.79 Å². The molecular weight excluding hydrogens is 182 g/mol. The molecule has 0 spiro atoms. The summed E-state index contributed by atoms with van der Waals surface area (Å²) in [6, 6.07) is 1.88. The minimum Gasteiger partial charge on any atom is -0.323 e. The van der Waals surface area contributed by atoms with E-state index in [0.29, 0.717) is 6.42 Å². The molecule has 14 heavy (non-hydrogen) atoms. The lowest BCUT2D eigenvalue weighted by atomic mass is 9.90. The molecule has 0 radical (unpaired) electrons. The number of hydrogen-bond acceptors (Lipinski definition) is 4. The highest BCUT2D eigenvalue weighted by molar-refractivity contribution is 5.98. The van der Waals surface area contributed by atoms with Gasteiger partial charge in [0.2, 0.25) is 0 Å². The monoisotopic (exact) mass is 197 g/mol. The van der Waals surface area contributed by atoms with Gasteiger partial charge in [0.05, 0.1) is 0 Å². The van der Waals surface area contributed by atoms with Crippen molar-refractivity contribution in [2.45, 2.75) is 27.2 Å². The van der Waals surface area contributed by atoms with Crippen LogP contribution in [0, 0.1) is 16.7 Å². The van der Waals surface area contributed by atoms with E-state index >= 15 is 0 Å². The largest absolute Gasteiger partial charge is 0.433 e. The van der Waals surface area contributed by atoms with Crippen LogP contribution in [-0.2, 0) is 4.84 Å². The van der Waals surface area contributed by atoms with Crippen LogP contribution in [-0.4, -0.2) is 18.9 Å². The summed E-state index contributed by atoms with van der Waals surface area (Å²) in [6.07, 6.45) is -0.202. The molecule has 0 aromatic carbocycles. The summed E-state index contributed by atoms with van der Waals surface area (Å²) in [5.74, 6) is 0. The molecule has 0 aliphatic heterocycles. The fourth-order valence-corrected chi connectivity index (χ4v) is 0.737. The maximum Gasteiger partial charge on any atom is 0.433 e. The van der Waals surface area contributed by atoms with Crippen molar-refractivity contribution in [3.8, 4) is 6.07 Å². The van der Waals surface area contributed by atoms with Crippen molar-refractivity contribution in [2.75, 3.05) is 7.05 Å². The Morgan fingerprint density at radius 3 is 2.50 bits per heavy atom. The van der Waals surface area contributed by atoms with Gasteiger partial charge in [0.15, 0.2) is 5.71 Å². The topological polar surface area (TPSA) is 74.5 Å². The zero-order valence-corrected chi connectivity index (χ0v) is 8.92. The van der Waals surface area contributed by atoms with Crippen molar-refractivity contribution in [3.63, 3.8) is 0 Å². The fraction of sp³-hybridized carbons (Fsp3) is 0.667. The normalized spacial score (nSPS) is 11.8. The number of carbonyl (C=O) groups is 1. The number of amides is 1. The van der Waals surface area contributed by atoms with Crippen molar-refractivity contribution in [1.82, 2.24) is 5.32 Å². The van der Waals surface area contributed by atoms with E-state index in [1.165, 1.54) is 7.05 Å². The highest BCUT2D eigenvalue weighted by atomic mass is 16.7. The Hall–Kier alpha value is -1.57. The first-order valence-corrected chi connectivity index (χ1v) is 4.25. The van der Waals surface area contributed by atoms with Gasteiger partial charge in [0.25, 0.3) is 0 Å². The van der Waals surface area contributed by atoms with Crippen LogP contribution < -0.4 is 5.32 Å². The molecule has 0 aliphatic carbocycles. The predicted molar refractivity (Wildman–Crippen MR) is 52.7 cm³/mol. The number of nitrogens with one attached hydrogen (secondary N) is 1. The number of rotatable bonds is 2. The zero-order chi connectivity index (χ0) is 11.2. The van der Waals surface area contributed by atoms with E-state index in [2.05, 4.69) is 15.3 Å². The number of nitriles is 1. The molecule has 5 nitrogen and oxygen atoms in total. The fourth-order valence-electron chi connectivity index (χ4n) is 0.737. The summed E-state index contributed by atoms with van der Waals surface area (Å²) in [5, 5.41) is 14.4. The van der Waals surface area contributed by atoms with Gasteiger partial charge < -0.3 is 5.32 Å². The second-order valence-electron chi connectivity index (χ2n) is 4.02. The average Bonchev–Trinajstić information content (AvgIpc) is 2.09. The van der Waals surface area contributed by atoms with E-state index < -0.39 is 6.09 Å². The summed E-state index contributed by atoms with van der Waals surface area (Å²) in [4.78, 5) is 15.1. The van der Waals surface area contributed by atoms with Crippen LogP contribution >= 0.6 is 0 Å². The van der Waals surface area contributed by atoms with E-state index in [4.69, 9.17) is 5.26 Å². The van der Waals surface area contributed by atoms with E-state index in [1.54, 1.807) is 0 Å². The molecule has 0 rings (SSSR count). The summed E-state index contributed by atoms with van der Waals surface area (Å²) in [6.45, 7) is 5.92. The van der Waals surface area contributed by atoms with Gasteiger partial charge in [0.1, 0.15) is 6.07 Å². The second-order valence-corrected chi connectivity index (χ2v) is 4.02. The number of hydrogen-bond donors (Lipinski definition) is 1. The van der Waals surface area contributed by atoms with Gasteiger partial charge >= 0.3 is 6.09 Å². The van der Waals surface area contributed by atoms with Gasteiger partial charge in [-0.05, 0) is 5.41 Å². The van der Waals surface area contributed by atoms with Crippen LogP contribution in [0.25, 0.3) is 0 Å². The number of oxime groups is 1. The zero-order valence-electron chi connectivity index (χ0n) is 8.92. The summed E-state index contributed by atoms with van der Waals surface area (Å²) < 4.78 is 0. The van der Waals surface area contributed by atoms with E-state index in [0.717, 1.165) is 0 Å². The molecule has 0 atom stereocenters. The van der Waals surface area contributed by atoms with E-state index in [-0.39, 0.29) is 11.1 Å². The van der Waals surface area contributed by atoms with Gasteiger partial charge in [0, 0.05) is 13.5 Å². The van der Waals surface area contributed by atoms with Crippen molar-refractivity contribution in [3.05, 3.63) is 0 Å². The highest BCUT2D eigenvalue weighted by Crippen LogP contribution is 2.18. The summed E-state index contributed by atoms with van der Waals surface area (Å²) in [7, 11) is 1.42. The first-order valence-electron chi connectivity index (χ1n) is 4.25. The van der Waals surface area contributed by atoms with Crippen LogP contribution in [0.3, 0.4) is 0 Å². The van der Waals surface area contributed by atoms with Gasteiger partial charge in [-0.1, -0.05) is 25.9 Å². The van der Waals surface area contributed by atoms with Gasteiger partial charge in [-0.3, -0.25) is 4.84 Å². The molecule has 0 aromatic rings. The molecule has 0 aliphatic rings. The molecule has 0 bridgehead atoms. The van der Waals surface area contributed by atoms with Gasteiger partial charge in [-0.15, -0.1) is 0 Å². The Morgan fingerprint density at radius 2 is 2.14 bits per heavy atom. The molecule has 0 unspecified atom stereocenters. The first kappa shape index (κ1) is 12.4. The molecule has 0 aromatic heterocycles. The average molecular weight is 197 g/mol. The third-order valence-corrected chi connectivity index (χ3v) is 1.27. The standard InChI is InChI=1S/C9H15N3O2/c1-9(2,3)5-7(6-10)12-14-8(13)11-4/h5H2,1-4H3,(H,11,13). The Balaban J connectivity index is 4.29. The molecule has 1 amide bonds. The Morgan fingerprint density at radius 1 is 1.57 bits per heavy atom. The second kappa shape index (κ2) is 5.22. The maximum atomic E-state index is 10.6.